The summed E-state index contributed by atoms with van der Waals surface area (Å²) in [5, 5.41) is 12.7. The van der Waals surface area contributed by atoms with E-state index >= 15 is 0 Å². The van der Waals surface area contributed by atoms with Crippen molar-refractivity contribution >= 4 is 23.5 Å². The first kappa shape index (κ1) is 13.8. The second-order valence-electron chi connectivity index (χ2n) is 2.46. The molecule has 1 heterocycles. The summed E-state index contributed by atoms with van der Waals surface area (Å²) in [5.74, 6) is -2.06. The summed E-state index contributed by atoms with van der Waals surface area (Å²) in [4.78, 5) is 28.0. The van der Waals surface area contributed by atoms with Crippen LogP contribution in [0.1, 0.15) is 17.4 Å². The second kappa shape index (κ2) is 5.64. The molecule has 0 saturated carbocycles. The predicted molar refractivity (Wildman–Crippen MR) is 45.1 cm³/mol. The maximum absolute atomic E-state index is 10.6. The maximum atomic E-state index is 10.6. The van der Waals surface area contributed by atoms with Gasteiger partial charge >= 0.3 is 29.6 Å². The molecule has 0 radical (unpaired) electrons. The number of anilines is 2. The summed E-state index contributed by atoms with van der Waals surface area (Å²) in [5.41, 5.74) is 4.81. The summed E-state index contributed by atoms with van der Waals surface area (Å²) in [6.07, 6.45) is 1.09. The van der Waals surface area contributed by atoms with Gasteiger partial charge in [-0.15, -0.1) is 0 Å². The molecule has 0 aliphatic heterocycles. The number of nitrogens with zero attached hydrogens (tertiary/aromatic N) is 2. The Labute approximate surface area is 107 Å². The molecule has 1 aromatic rings. The molecule has 0 spiro atoms. The minimum Gasteiger partial charge on any atom is -0.543 e. The molecule has 0 bridgehead atoms. The largest absolute Gasteiger partial charge is 1.00 e. The number of carbonyl (C=O) groups is 2. The van der Waals surface area contributed by atoms with Gasteiger partial charge in [0, 0.05) is 6.92 Å². The van der Waals surface area contributed by atoms with Gasteiger partial charge < -0.3 is 21.0 Å². The molecule has 74 valence electrons. The molecule has 1 amide bonds. The molecule has 3 N–H and O–H groups in total. The Morgan fingerprint density at radius 2 is 2.13 bits per heavy atom. The summed E-state index contributed by atoms with van der Waals surface area (Å²) in [7, 11) is 0. The van der Waals surface area contributed by atoms with Crippen molar-refractivity contribution in [3.63, 3.8) is 0 Å². The van der Waals surface area contributed by atoms with Crippen LogP contribution in [0.5, 0.6) is 0 Å². The van der Waals surface area contributed by atoms with Crippen LogP contribution in [-0.4, -0.2) is 21.8 Å². The normalized spacial score (nSPS) is 8.87. The molecule has 8 heteroatoms. The van der Waals surface area contributed by atoms with E-state index < -0.39 is 11.7 Å². The van der Waals surface area contributed by atoms with Crippen molar-refractivity contribution in [2.24, 2.45) is 0 Å². The van der Waals surface area contributed by atoms with Crippen LogP contribution in [0.2, 0.25) is 0 Å². The summed E-state index contributed by atoms with van der Waals surface area (Å²) < 4.78 is 0. The van der Waals surface area contributed by atoms with Gasteiger partial charge in [-0.3, -0.25) is 4.79 Å². The van der Waals surface area contributed by atoms with Crippen molar-refractivity contribution in [3.05, 3.63) is 11.9 Å². The molecular weight excluding hydrogens is 211 g/mol. The number of aromatic carboxylic acids is 1. The SMILES string of the molecule is CC(=O)Nc1cnc(C(=O)[O-])c(N)n1.[Na+]. The number of aromatic nitrogens is 2. The van der Waals surface area contributed by atoms with E-state index in [1.165, 1.54) is 6.92 Å². The molecule has 0 fully saturated rings. The average Bonchev–Trinajstić information content (AvgIpc) is 2.01. The minimum absolute atomic E-state index is 0. The Morgan fingerprint density at radius 1 is 1.53 bits per heavy atom. The van der Waals surface area contributed by atoms with Crippen LogP contribution < -0.4 is 45.7 Å². The van der Waals surface area contributed by atoms with Crippen LogP contribution >= 0.6 is 0 Å². The molecule has 0 saturated heterocycles. The molecule has 1 aromatic heterocycles. The number of carboxylic acids is 1. The van der Waals surface area contributed by atoms with Crippen LogP contribution in [0.25, 0.3) is 0 Å². The van der Waals surface area contributed by atoms with Gasteiger partial charge in [0.25, 0.3) is 0 Å². The van der Waals surface area contributed by atoms with Crippen LogP contribution in [0.15, 0.2) is 6.20 Å². The van der Waals surface area contributed by atoms with E-state index in [0.29, 0.717) is 0 Å². The quantitative estimate of drug-likeness (QED) is 0.481. The molecule has 7 nitrogen and oxygen atoms in total. The third kappa shape index (κ3) is 3.82. The number of hydrogen-bond donors (Lipinski definition) is 2. The summed E-state index contributed by atoms with van der Waals surface area (Å²) >= 11 is 0. The number of nitrogens with one attached hydrogen (secondary N) is 1. The van der Waals surface area contributed by atoms with Gasteiger partial charge in [-0.25, -0.2) is 9.97 Å². The molecule has 0 aliphatic carbocycles. The zero-order chi connectivity index (χ0) is 10.7. The topological polar surface area (TPSA) is 121 Å². The fourth-order valence-corrected chi connectivity index (χ4v) is 0.801. The molecule has 1 rings (SSSR count). The van der Waals surface area contributed by atoms with Crippen LogP contribution in [0.3, 0.4) is 0 Å². The Kier molecular flexibility index (Phi) is 5.20. The van der Waals surface area contributed by atoms with Gasteiger partial charge in [-0.1, -0.05) is 0 Å². The van der Waals surface area contributed by atoms with Crippen molar-refractivity contribution in [1.82, 2.24) is 9.97 Å². The third-order valence-electron chi connectivity index (χ3n) is 1.30. The van der Waals surface area contributed by atoms with E-state index in [9.17, 15) is 14.7 Å². The Balaban J connectivity index is 0.00000196. The van der Waals surface area contributed by atoms with Gasteiger partial charge in [0.1, 0.15) is 5.69 Å². The van der Waals surface area contributed by atoms with Crippen LogP contribution in [0.4, 0.5) is 11.6 Å². The first-order valence-corrected chi connectivity index (χ1v) is 3.62. The Morgan fingerprint density at radius 3 is 2.53 bits per heavy atom. The van der Waals surface area contributed by atoms with E-state index in [1.807, 2.05) is 0 Å². The standard InChI is InChI=1S/C7H8N4O3.Na/c1-3(12)10-4-2-9-5(7(13)14)6(8)11-4;/h2H,1H3,(H,13,14)(H3,8,10,11,12);/q;+1/p-1. The molecule has 0 atom stereocenters. The van der Waals surface area contributed by atoms with Gasteiger partial charge in [-0.2, -0.15) is 0 Å². The van der Waals surface area contributed by atoms with Gasteiger partial charge in [0.05, 0.1) is 12.2 Å². The van der Waals surface area contributed by atoms with Crippen molar-refractivity contribution in [3.8, 4) is 0 Å². The van der Waals surface area contributed by atoms with Gasteiger partial charge in [0.2, 0.25) is 5.91 Å². The number of nitrogens with two attached hydrogens (primary N) is 1. The Bertz CT molecular complexity index is 396. The predicted octanol–water partition coefficient (Wildman–Crippen LogP) is -4.62. The Hall–Kier alpha value is -1.18. The van der Waals surface area contributed by atoms with Gasteiger partial charge in [0.15, 0.2) is 11.6 Å². The number of amides is 1. The van der Waals surface area contributed by atoms with Crippen molar-refractivity contribution in [1.29, 1.82) is 0 Å². The van der Waals surface area contributed by atoms with E-state index in [-0.39, 0.29) is 47.1 Å². The first-order valence-electron chi connectivity index (χ1n) is 3.62. The summed E-state index contributed by atoms with van der Waals surface area (Å²) in [6, 6.07) is 0. The molecule has 0 unspecified atom stereocenters. The average molecular weight is 218 g/mol. The maximum Gasteiger partial charge on any atom is 1.00 e. The fraction of sp³-hybridized carbons (Fsp3) is 0.143. The zero-order valence-electron chi connectivity index (χ0n) is 8.27. The smallest absolute Gasteiger partial charge is 0.543 e. The summed E-state index contributed by atoms with van der Waals surface area (Å²) in [6.45, 7) is 1.28. The monoisotopic (exact) mass is 218 g/mol. The van der Waals surface area contributed by atoms with Crippen molar-refractivity contribution in [2.75, 3.05) is 11.1 Å². The van der Waals surface area contributed by atoms with Crippen LogP contribution in [-0.2, 0) is 4.79 Å². The molecule has 0 aliphatic rings. The second-order valence-corrected chi connectivity index (χ2v) is 2.46. The molecule has 15 heavy (non-hydrogen) atoms. The van der Waals surface area contributed by atoms with E-state index in [2.05, 4.69) is 15.3 Å². The molecular formula is C7H7N4NaO3. The van der Waals surface area contributed by atoms with E-state index in [4.69, 9.17) is 5.73 Å². The van der Waals surface area contributed by atoms with Crippen LogP contribution in [0, 0.1) is 0 Å². The number of hydrogen-bond acceptors (Lipinski definition) is 6. The number of carboxylic acid groups (broad SMARTS) is 1. The third-order valence-corrected chi connectivity index (χ3v) is 1.30. The molecule has 0 aromatic carbocycles. The van der Waals surface area contributed by atoms with E-state index in [0.717, 1.165) is 6.20 Å². The van der Waals surface area contributed by atoms with Gasteiger partial charge in [-0.05, 0) is 0 Å². The number of rotatable bonds is 2. The number of carbonyl (C=O) groups excluding carboxylic acids is 2. The zero-order valence-corrected chi connectivity index (χ0v) is 10.3. The number of nitrogen functional groups attached to an aromatic ring is 1. The minimum atomic E-state index is -1.51. The van der Waals surface area contributed by atoms with E-state index in [1.54, 1.807) is 0 Å². The van der Waals surface area contributed by atoms with Crippen molar-refractivity contribution in [2.45, 2.75) is 6.92 Å². The fourth-order valence-electron chi connectivity index (χ4n) is 0.801. The van der Waals surface area contributed by atoms with Crippen molar-refractivity contribution < 1.29 is 44.3 Å². The first-order chi connectivity index (χ1) is 6.50.